The smallest absolute Gasteiger partial charge is 0.246 e. The van der Waals surface area contributed by atoms with Crippen molar-refractivity contribution in [2.75, 3.05) is 38.0 Å². The van der Waals surface area contributed by atoms with E-state index in [1.807, 2.05) is 11.8 Å². The van der Waals surface area contributed by atoms with Gasteiger partial charge in [-0.1, -0.05) is 0 Å². The summed E-state index contributed by atoms with van der Waals surface area (Å²) in [7, 11) is 0. The average molecular weight is 474 g/mol. The Morgan fingerprint density at radius 3 is 2.88 bits per heavy atom. The second-order valence-electron chi connectivity index (χ2n) is 5.75. The molecule has 0 aromatic carbocycles. The van der Waals surface area contributed by atoms with Crippen molar-refractivity contribution in [1.29, 1.82) is 0 Å². The van der Waals surface area contributed by atoms with E-state index < -0.39 is 0 Å². The first-order valence-electron chi connectivity index (χ1n) is 8.69. The molecule has 0 bridgehead atoms. The Morgan fingerprint density at radius 1 is 1.38 bits per heavy atom. The number of pyridine rings is 1. The first kappa shape index (κ1) is 22.1. The van der Waals surface area contributed by atoms with Gasteiger partial charge in [0.15, 0.2) is 5.96 Å². The van der Waals surface area contributed by atoms with Gasteiger partial charge in [0, 0.05) is 38.8 Å². The first-order valence-corrected chi connectivity index (χ1v) is 8.69. The summed E-state index contributed by atoms with van der Waals surface area (Å²) in [6, 6.07) is 3.54. The molecule has 1 fully saturated rings. The Hall–Kier alpha value is -1.91. The molecule has 144 valence electrons. The van der Waals surface area contributed by atoms with Crippen LogP contribution in [0.4, 0.5) is 5.69 Å². The summed E-state index contributed by atoms with van der Waals surface area (Å²) in [6.07, 6.45) is 5.71. The number of rotatable bonds is 8. The van der Waals surface area contributed by atoms with Gasteiger partial charge in [-0.15, -0.1) is 24.0 Å². The van der Waals surface area contributed by atoms with Crippen LogP contribution in [0.15, 0.2) is 29.5 Å². The molecule has 2 heterocycles. The molecule has 1 saturated heterocycles. The van der Waals surface area contributed by atoms with Crippen LogP contribution in [0.25, 0.3) is 0 Å². The van der Waals surface area contributed by atoms with Crippen LogP contribution in [0.2, 0.25) is 0 Å². The van der Waals surface area contributed by atoms with Crippen molar-refractivity contribution in [3.05, 3.63) is 24.5 Å². The summed E-state index contributed by atoms with van der Waals surface area (Å²) in [4.78, 5) is 33.6. The van der Waals surface area contributed by atoms with Crippen molar-refractivity contribution in [1.82, 2.24) is 20.5 Å². The van der Waals surface area contributed by atoms with Gasteiger partial charge < -0.3 is 20.9 Å². The molecular formula is C17H27IN6O2. The van der Waals surface area contributed by atoms with Crippen LogP contribution < -0.4 is 16.0 Å². The highest BCUT2D eigenvalue weighted by molar-refractivity contribution is 14.0. The summed E-state index contributed by atoms with van der Waals surface area (Å²) in [5, 5.41) is 9.03. The number of guanidine groups is 1. The lowest BCUT2D eigenvalue weighted by molar-refractivity contribution is -0.127. The molecule has 1 aromatic rings. The number of anilines is 1. The Balaban J connectivity index is 0.00000338. The molecule has 26 heavy (non-hydrogen) atoms. The summed E-state index contributed by atoms with van der Waals surface area (Å²) >= 11 is 0. The lowest BCUT2D eigenvalue weighted by Crippen LogP contribution is -2.39. The summed E-state index contributed by atoms with van der Waals surface area (Å²) in [5.41, 5.74) is 0.649. The topological polar surface area (TPSA) is 98.7 Å². The fourth-order valence-corrected chi connectivity index (χ4v) is 2.55. The van der Waals surface area contributed by atoms with Crippen molar-refractivity contribution in [3.8, 4) is 0 Å². The second kappa shape index (κ2) is 12.4. The molecule has 8 nitrogen and oxygen atoms in total. The highest BCUT2D eigenvalue weighted by atomic mass is 127. The summed E-state index contributed by atoms with van der Waals surface area (Å²) in [5.74, 6) is 0.636. The highest BCUT2D eigenvalue weighted by Crippen LogP contribution is 2.09. The fraction of sp³-hybridized carbons (Fsp3) is 0.529. The van der Waals surface area contributed by atoms with E-state index in [1.165, 1.54) is 0 Å². The number of carbonyl (C=O) groups is 2. The van der Waals surface area contributed by atoms with Crippen LogP contribution in [0.3, 0.4) is 0 Å². The molecule has 0 radical (unpaired) electrons. The summed E-state index contributed by atoms with van der Waals surface area (Å²) in [6.45, 7) is 5.01. The Bertz CT molecular complexity index is 596. The predicted molar refractivity (Wildman–Crippen MR) is 113 cm³/mol. The minimum atomic E-state index is -0.201. The van der Waals surface area contributed by atoms with Crippen molar-refractivity contribution in [2.45, 2.75) is 26.2 Å². The zero-order valence-corrected chi connectivity index (χ0v) is 17.4. The van der Waals surface area contributed by atoms with Gasteiger partial charge in [-0.2, -0.15) is 0 Å². The van der Waals surface area contributed by atoms with Crippen LogP contribution >= 0.6 is 24.0 Å². The lowest BCUT2D eigenvalue weighted by atomic mass is 10.4. The fourth-order valence-electron chi connectivity index (χ4n) is 2.55. The van der Waals surface area contributed by atoms with Gasteiger partial charge in [0.05, 0.1) is 11.9 Å². The van der Waals surface area contributed by atoms with Crippen molar-refractivity contribution in [2.24, 2.45) is 4.99 Å². The molecule has 0 atom stereocenters. The molecule has 9 heteroatoms. The Labute approximate surface area is 171 Å². The molecule has 1 aromatic heterocycles. The maximum atomic E-state index is 11.9. The van der Waals surface area contributed by atoms with Gasteiger partial charge in [-0.25, -0.2) is 4.99 Å². The third-order valence-corrected chi connectivity index (χ3v) is 3.74. The number of amides is 2. The van der Waals surface area contributed by atoms with Crippen LogP contribution in [0, 0.1) is 0 Å². The van der Waals surface area contributed by atoms with Crippen molar-refractivity contribution >= 4 is 47.4 Å². The number of nitrogens with one attached hydrogen (secondary N) is 3. The molecule has 0 spiro atoms. The number of hydrogen-bond acceptors (Lipinski definition) is 4. The molecule has 0 aliphatic carbocycles. The predicted octanol–water partition coefficient (Wildman–Crippen LogP) is 1.21. The standard InChI is InChI=1S/C17H26N6O2.HI/c1-2-19-17(20-9-5-11-23-10-4-7-16(23)25)21-13-15(24)22-14-6-3-8-18-12-14;/h3,6,8,12H,2,4-5,7,9-11,13H2,1H3,(H,22,24)(H2,19,20,21);1H. The van der Waals surface area contributed by atoms with Gasteiger partial charge in [-0.05, 0) is 31.9 Å². The average Bonchev–Trinajstić information content (AvgIpc) is 3.02. The quantitative estimate of drug-likeness (QED) is 0.228. The van der Waals surface area contributed by atoms with E-state index in [2.05, 4.69) is 25.9 Å². The molecule has 0 saturated carbocycles. The minimum Gasteiger partial charge on any atom is -0.357 e. The zero-order chi connectivity index (χ0) is 17.9. The van der Waals surface area contributed by atoms with Crippen LogP contribution in [-0.2, 0) is 9.59 Å². The monoisotopic (exact) mass is 474 g/mol. The van der Waals surface area contributed by atoms with Crippen LogP contribution in [-0.4, -0.2) is 60.4 Å². The van der Waals surface area contributed by atoms with Crippen LogP contribution in [0.5, 0.6) is 0 Å². The number of aliphatic imine (C=N–C) groups is 1. The number of carbonyl (C=O) groups excluding carboxylic acids is 2. The SMILES string of the molecule is CCNC(=NCC(=O)Nc1cccnc1)NCCCN1CCCC1=O.I. The largest absolute Gasteiger partial charge is 0.357 e. The molecule has 2 rings (SSSR count). The Morgan fingerprint density at radius 2 is 2.23 bits per heavy atom. The normalized spacial score (nSPS) is 14.0. The lowest BCUT2D eigenvalue weighted by Gasteiger charge is -2.16. The van der Waals surface area contributed by atoms with E-state index in [4.69, 9.17) is 0 Å². The number of nitrogens with zero attached hydrogens (tertiary/aromatic N) is 3. The van der Waals surface area contributed by atoms with Gasteiger partial charge in [0.2, 0.25) is 11.8 Å². The minimum absolute atomic E-state index is 0. The maximum absolute atomic E-state index is 11.9. The Kier molecular flexibility index (Phi) is 10.6. The molecular weight excluding hydrogens is 447 g/mol. The van der Waals surface area contributed by atoms with Crippen molar-refractivity contribution in [3.63, 3.8) is 0 Å². The number of halogens is 1. The van der Waals surface area contributed by atoms with E-state index in [-0.39, 0.29) is 42.3 Å². The van der Waals surface area contributed by atoms with Gasteiger partial charge >= 0.3 is 0 Å². The van der Waals surface area contributed by atoms with Crippen molar-refractivity contribution < 1.29 is 9.59 Å². The third-order valence-electron chi connectivity index (χ3n) is 3.74. The number of likely N-dealkylation sites (tertiary alicyclic amines) is 1. The molecule has 3 N–H and O–H groups in total. The van der Waals surface area contributed by atoms with Gasteiger partial charge in [0.1, 0.15) is 6.54 Å². The molecule has 1 aliphatic rings. The van der Waals surface area contributed by atoms with E-state index in [0.29, 0.717) is 31.2 Å². The maximum Gasteiger partial charge on any atom is 0.246 e. The van der Waals surface area contributed by atoms with E-state index in [1.54, 1.807) is 24.5 Å². The van der Waals surface area contributed by atoms with E-state index in [9.17, 15) is 9.59 Å². The molecule has 1 aliphatic heterocycles. The van der Waals surface area contributed by atoms with Gasteiger partial charge in [0.25, 0.3) is 0 Å². The number of hydrogen-bond donors (Lipinski definition) is 3. The van der Waals surface area contributed by atoms with E-state index >= 15 is 0 Å². The second-order valence-corrected chi connectivity index (χ2v) is 5.75. The number of aromatic nitrogens is 1. The molecule has 2 amide bonds. The first-order chi connectivity index (χ1) is 12.2. The zero-order valence-electron chi connectivity index (χ0n) is 15.0. The third kappa shape index (κ3) is 7.98. The summed E-state index contributed by atoms with van der Waals surface area (Å²) < 4.78 is 0. The van der Waals surface area contributed by atoms with Crippen LogP contribution in [0.1, 0.15) is 26.2 Å². The van der Waals surface area contributed by atoms with E-state index in [0.717, 1.165) is 25.9 Å². The highest BCUT2D eigenvalue weighted by Gasteiger charge is 2.18. The molecule has 0 unspecified atom stereocenters. The van der Waals surface area contributed by atoms with Gasteiger partial charge in [-0.3, -0.25) is 14.6 Å².